The number of nitrogens with zero attached hydrogens (tertiary/aromatic N) is 2. The number of methoxy groups -OCH3 is 2. The van der Waals surface area contributed by atoms with E-state index in [4.69, 9.17) is 32.7 Å². The molecule has 1 N–H and O–H groups in total. The van der Waals surface area contributed by atoms with E-state index >= 15 is 0 Å². The standard InChI is InChI=1S/C21H19Cl2N3O4/c1-12(24-15-9-13(22)8-14(23)10-15)20-18(11-19(27)30-3)25-26(21(20)28)16-4-6-17(29-2)7-5-16/h4-10,25H,11H2,1-3H3. The lowest BCUT2D eigenvalue weighted by Crippen LogP contribution is -2.20. The summed E-state index contributed by atoms with van der Waals surface area (Å²) in [6.07, 6.45) is -0.118. The fourth-order valence-corrected chi connectivity index (χ4v) is 3.48. The van der Waals surface area contributed by atoms with Crippen molar-refractivity contribution < 1.29 is 14.3 Å². The summed E-state index contributed by atoms with van der Waals surface area (Å²) in [5.41, 5.74) is 1.78. The van der Waals surface area contributed by atoms with Crippen molar-refractivity contribution >= 4 is 40.6 Å². The van der Waals surface area contributed by atoms with Crippen LogP contribution in [0.15, 0.2) is 52.3 Å². The molecule has 7 nitrogen and oxygen atoms in total. The molecular weight excluding hydrogens is 429 g/mol. The minimum absolute atomic E-state index is 0.118. The molecule has 0 aliphatic heterocycles. The van der Waals surface area contributed by atoms with Gasteiger partial charge in [0.05, 0.1) is 49.0 Å². The topological polar surface area (TPSA) is 85.7 Å². The van der Waals surface area contributed by atoms with Gasteiger partial charge in [-0.3, -0.25) is 19.7 Å². The van der Waals surface area contributed by atoms with Gasteiger partial charge in [-0.05, 0) is 49.4 Å². The maximum absolute atomic E-state index is 13.2. The number of esters is 1. The van der Waals surface area contributed by atoms with Crippen molar-refractivity contribution in [1.29, 1.82) is 0 Å². The first-order valence-corrected chi connectivity index (χ1v) is 9.65. The summed E-state index contributed by atoms with van der Waals surface area (Å²) in [7, 11) is 2.85. The summed E-state index contributed by atoms with van der Waals surface area (Å²) >= 11 is 12.1. The molecule has 0 aliphatic carbocycles. The quantitative estimate of drug-likeness (QED) is 0.449. The fourth-order valence-electron chi connectivity index (χ4n) is 2.97. The fraction of sp³-hybridized carbons (Fsp3) is 0.190. The molecule has 3 rings (SSSR count). The van der Waals surface area contributed by atoms with Crippen molar-refractivity contribution in [3.63, 3.8) is 0 Å². The highest BCUT2D eigenvalue weighted by molar-refractivity contribution is 6.35. The first-order chi connectivity index (χ1) is 14.3. The molecule has 1 heterocycles. The molecule has 3 aromatic rings. The lowest BCUT2D eigenvalue weighted by molar-refractivity contribution is -0.139. The Hall–Kier alpha value is -3.03. The molecule has 30 heavy (non-hydrogen) atoms. The number of hydrogen-bond donors (Lipinski definition) is 1. The van der Waals surface area contributed by atoms with Crippen LogP contribution in [0.25, 0.3) is 5.69 Å². The number of carbonyl (C=O) groups excluding carboxylic acids is 1. The Labute approximate surface area is 182 Å². The summed E-state index contributed by atoms with van der Waals surface area (Å²) in [6, 6.07) is 11.8. The Morgan fingerprint density at radius 2 is 1.73 bits per heavy atom. The zero-order chi connectivity index (χ0) is 21.8. The number of ether oxygens (including phenoxy) is 2. The summed E-state index contributed by atoms with van der Waals surface area (Å²) < 4.78 is 11.3. The van der Waals surface area contributed by atoms with E-state index < -0.39 is 5.97 Å². The second-order valence-electron chi connectivity index (χ2n) is 6.38. The van der Waals surface area contributed by atoms with E-state index in [2.05, 4.69) is 10.1 Å². The number of carbonyl (C=O) groups is 1. The van der Waals surface area contributed by atoms with Crippen LogP contribution in [0.2, 0.25) is 10.0 Å². The van der Waals surface area contributed by atoms with Crippen molar-refractivity contribution in [3.05, 3.63) is 74.1 Å². The van der Waals surface area contributed by atoms with Crippen LogP contribution < -0.4 is 10.3 Å². The molecule has 0 amide bonds. The number of nitrogens with one attached hydrogen (secondary N) is 1. The predicted molar refractivity (Wildman–Crippen MR) is 117 cm³/mol. The molecule has 0 aliphatic rings. The average Bonchev–Trinajstić information content (AvgIpc) is 3.02. The number of benzene rings is 2. The van der Waals surface area contributed by atoms with Crippen molar-refractivity contribution in [2.24, 2.45) is 4.99 Å². The average molecular weight is 448 g/mol. The normalized spacial score (nSPS) is 11.4. The monoisotopic (exact) mass is 447 g/mol. The minimum Gasteiger partial charge on any atom is -0.497 e. The van der Waals surface area contributed by atoms with Crippen LogP contribution in [0, 0.1) is 0 Å². The second-order valence-corrected chi connectivity index (χ2v) is 7.25. The third-order valence-corrected chi connectivity index (χ3v) is 4.79. The van der Waals surface area contributed by atoms with Gasteiger partial charge in [-0.15, -0.1) is 0 Å². The first kappa shape index (κ1) is 21.7. The van der Waals surface area contributed by atoms with E-state index in [-0.39, 0.29) is 17.5 Å². The third-order valence-electron chi connectivity index (χ3n) is 4.35. The Morgan fingerprint density at radius 3 is 2.30 bits per heavy atom. The number of rotatable bonds is 6. The lowest BCUT2D eigenvalue weighted by atomic mass is 10.1. The van der Waals surface area contributed by atoms with E-state index in [0.717, 1.165) is 0 Å². The van der Waals surface area contributed by atoms with Crippen LogP contribution in [0.3, 0.4) is 0 Å². The van der Waals surface area contributed by atoms with Gasteiger partial charge in [0, 0.05) is 10.0 Å². The van der Waals surface area contributed by atoms with E-state index in [1.807, 2.05) is 0 Å². The van der Waals surface area contributed by atoms with Gasteiger partial charge < -0.3 is 9.47 Å². The lowest BCUT2D eigenvalue weighted by Gasteiger charge is -2.03. The molecular formula is C21H19Cl2N3O4. The van der Waals surface area contributed by atoms with Crippen molar-refractivity contribution in [3.8, 4) is 11.4 Å². The molecule has 9 heteroatoms. The minimum atomic E-state index is -0.488. The first-order valence-electron chi connectivity index (χ1n) is 8.89. The number of hydrogen-bond acceptors (Lipinski definition) is 5. The Bertz CT molecular complexity index is 1140. The van der Waals surface area contributed by atoms with Crippen molar-refractivity contribution in [2.45, 2.75) is 13.3 Å². The van der Waals surface area contributed by atoms with Crippen LogP contribution >= 0.6 is 23.2 Å². The van der Waals surface area contributed by atoms with Crippen molar-refractivity contribution in [2.75, 3.05) is 14.2 Å². The predicted octanol–water partition coefficient (Wildman–Crippen LogP) is 4.34. The molecule has 0 unspecified atom stereocenters. The molecule has 0 fully saturated rings. The molecule has 0 saturated carbocycles. The smallest absolute Gasteiger partial charge is 0.311 e. The second kappa shape index (κ2) is 9.19. The zero-order valence-corrected chi connectivity index (χ0v) is 18.0. The Balaban J connectivity index is 2.13. The number of aromatic nitrogens is 2. The van der Waals surface area contributed by atoms with Crippen LogP contribution in [0.4, 0.5) is 5.69 Å². The largest absolute Gasteiger partial charge is 0.497 e. The van der Waals surface area contributed by atoms with E-state index in [0.29, 0.717) is 38.6 Å². The molecule has 0 spiro atoms. The molecule has 2 aromatic carbocycles. The molecule has 1 aromatic heterocycles. The number of aromatic amines is 1. The van der Waals surface area contributed by atoms with Gasteiger partial charge in [-0.1, -0.05) is 23.2 Å². The van der Waals surface area contributed by atoms with Crippen LogP contribution in [-0.4, -0.2) is 35.7 Å². The molecule has 0 radical (unpaired) electrons. The Kier molecular flexibility index (Phi) is 6.64. The van der Waals surface area contributed by atoms with Gasteiger partial charge in [0.15, 0.2) is 0 Å². The highest BCUT2D eigenvalue weighted by atomic mass is 35.5. The maximum atomic E-state index is 13.2. The summed E-state index contributed by atoms with van der Waals surface area (Å²) in [6.45, 7) is 1.68. The van der Waals surface area contributed by atoms with E-state index in [1.165, 1.54) is 11.8 Å². The summed E-state index contributed by atoms with van der Waals surface area (Å²) in [5.74, 6) is 0.168. The Morgan fingerprint density at radius 1 is 1.10 bits per heavy atom. The summed E-state index contributed by atoms with van der Waals surface area (Å²) in [5, 5.41) is 3.84. The van der Waals surface area contributed by atoms with Gasteiger partial charge in [-0.2, -0.15) is 0 Å². The highest BCUT2D eigenvalue weighted by Gasteiger charge is 2.20. The van der Waals surface area contributed by atoms with Gasteiger partial charge >= 0.3 is 5.97 Å². The number of halogens is 2. The van der Waals surface area contributed by atoms with Gasteiger partial charge in [-0.25, -0.2) is 4.68 Å². The van der Waals surface area contributed by atoms with Gasteiger partial charge in [0.1, 0.15) is 5.75 Å². The van der Waals surface area contributed by atoms with E-state index in [9.17, 15) is 9.59 Å². The molecule has 0 bridgehead atoms. The molecule has 0 atom stereocenters. The maximum Gasteiger partial charge on any atom is 0.311 e. The van der Waals surface area contributed by atoms with Gasteiger partial charge in [0.25, 0.3) is 5.56 Å². The third kappa shape index (κ3) is 4.75. The van der Waals surface area contributed by atoms with Gasteiger partial charge in [0.2, 0.25) is 0 Å². The number of H-pyrrole nitrogens is 1. The highest BCUT2D eigenvalue weighted by Crippen LogP contribution is 2.25. The zero-order valence-electron chi connectivity index (χ0n) is 16.5. The van der Waals surface area contributed by atoms with Crippen molar-refractivity contribution in [1.82, 2.24) is 9.78 Å². The summed E-state index contributed by atoms with van der Waals surface area (Å²) in [4.78, 5) is 29.6. The van der Waals surface area contributed by atoms with Crippen LogP contribution in [0.5, 0.6) is 5.75 Å². The molecule has 0 saturated heterocycles. The molecule has 156 valence electrons. The van der Waals surface area contributed by atoms with Crippen LogP contribution in [-0.2, 0) is 16.0 Å². The SMILES string of the molecule is COC(=O)Cc1[nH]n(-c2ccc(OC)cc2)c(=O)c1C(C)=Nc1cc(Cl)cc(Cl)c1. The van der Waals surface area contributed by atoms with E-state index in [1.54, 1.807) is 56.5 Å². The number of aliphatic imine (C=N–C) groups is 1. The van der Waals surface area contributed by atoms with Crippen LogP contribution in [0.1, 0.15) is 18.2 Å².